The fraction of sp³-hybridized carbons (Fsp3) is 0. The van der Waals surface area contributed by atoms with E-state index in [1.807, 2.05) is 0 Å². The number of imide groups is 1. The Morgan fingerprint density at radius 1 is 1.00 bits per heavy atom. The van der Waals surface area contributed by atoms with Gasteiger partial charge in [0.05, 0.1) is 39.1 Å². The van der Waals surface area contributed by atoms with Crippen LogP contribution in [0.15, 0.2) is 47.6 Å². The highest BCUT2D eigenvalue weighted by molar-refractivity contribution is 7.85. The predicted octanol–water partition coefficient (Wildman–Crippen LogP) is 1.27. The Balaban J connectivity index is 1.80. The lowest BCUT2D eigenvalue weighted by Gasteiger charge is -2.15. The molecule has 0 spiro atoms. The van der Waals surface area contributed by atoms with Crippen LogP contribution in [0, 0.1) is 0 Å². The zero-order chi connectivity index (χ0) is 17.1. The smallest absolute Gasteiger partial charge is 0.266 e. The summed E-state index contributed by atoms with van der Waals surface area (Å²) in [6.07, 6.45) is 1.47. The summed E-state index contributed by atoms with van der Waals surface area (Å²) in [5.41, 5.74) is 1.83. The molecule has 1 aliphatic heterocycles. The van der Waals surface area contributed by atoms with Crippen molar-refractivity contribution >= 4 is 38.7 Å². The number of carbonyl (C=O) groups excluding carboxylic acids is 2. The molecular formula is C15H8N3O5S-. The number of benzene rings is 2. The number of fused-ring (bicyclic) bond motifs is 2. The van der Waals surface area contributed by atoms with Gasteiger partial charge in [-0.2, -0.15) is 0 Å². The van der Waals surface area contributed by atoms with E-state index in [0.717, 1.165) is 17.0 Å². The van der Waals surface area contributed by atoms with Gasteiger partial charge in [0.15, 0.2) is 0 Å². The van der Waals surface area contributed by atoms with Crippen LogP contribution in [0.5, 0.6) is 0 Å². The normalized spacial score (nSPS) is 14.5. The number of anilines is 1. The van der Waals surface area contributed by atoms with Crippen molar-refractivity contribution in [2.24, 2.45) is 0 Å². The Bertz CT molecular complexity index is 1070. The first-order valence-electron chi connectivity index (χ1n) is 6.78. The van der Waals surface area contributed by atoms with Crippen LogP contribution in [0.1, 0.15) is 20.7 Å². The van der Waals surface area contributed by atoms with Crippen LogP contribution < -0.4 is 4.90 Å². The number of nitrogens with zero attached hydrogens (tertiary/aromatic N) is 2. The maximum absolute atomic E-state index is 12.5. The zero-order valence-corrected chi connectivity index (χ0v) is 12.7. The third kappa shape index (κ3) is 2.02. The van der Waals surface area contributed by atoms with Gasteiger partial charge >= 0.3 is 0 Å². The minimum absolute atomic E-state index is 0.185. The van der Waals surface area contributed by atoms with E-state index in [0.29, 0.717) is 11.0 Å². The molecule has 1 N–H and O–H groups in total. The number of aromatic amines is 1. The average molecular weight is 342 g/mol. The second-order valence-electron chi connectivity index (χ2n) is 5.21. The van der Waals surface area contributed by atoms with Crippen molar-refractivity contribution in [3.63, 3.8) is 0 Å². The Hall–Kier alpha value is -3.04. The largest absolute Gasteiger partial charge is 0.744 e. The van der Waals surface area contributed by atoms with Gasteiger partial charge < -0.3 is 9.54 Å². The molecule has 0 saturated carbocycles. The highest BCUT2D eigenvalue weighted by Crippen LogP contribution is 2.31. The summed E-state index contributed by atoms with van der Waals surface area (Å²) < 4.78 is 32.9. The molecule has 0 aliphatic carbocycles. The lowest BCUT2D eigenvalue weighted by molar-refractivity contribution is 0.0926. The van der Waals surface area contributed by atoms with E-state index in [-0.39, 0.29) is 16.8 Å². The minimum Gasteiger partial charge on any atom is -0.744 e. The molecule has 3 aromatic rings. The molecule has 0 bridgehead atoms. The Morgan fingerprint density at radius 3 is 2.25 bits per heavy atom. The molecule has 0 fully saturated rings. The molecule has 120 valence electrons. The number of amides is 2. The van der Waals surface area contributed by atoms with E-state index in [9.17, 15) is 22.6 Å². The first-order valence-corrected chi connectivity index (χ1v) is 8.19. The lowest BCUT2D eigenvalue weighted by atomic mass is 10.1. The number of H-pyrrole nitrogens is 1. The SMILES string of the molecule is O=C1c2cc3nc[nH]c3cc2C(=O)N1c1ccc(S(=O)(=O)[O-])cc1. The van der Waals surface area contributed by atoms with Gasteiger partial charge in [-0.25, -0.2) is 18.3 Å². The standard InChI is InChI=1S/C15H9N3O5S/c19-14-10-5-12-13(17-7-16-12)6-11(10)15(20)18(14)8-1-3-9(4-2-8)24(21,22)23/h1-7H,(H,16,17)(H,21,22,23)/p-1. The fourth-order valence-electron chi connectivity index (χ4n) is 2.67. The summed E-state index contributed by atoms with van der Waals surface area (Å²) in [6.45, 7) is 0. The molecule has 1 aliphatic rings. The van der Waals surface area contributed by atoms with Crippen LogP contribution in [-0.2, 0) is 10.1 Å². The molecule has 2 aromatic carbocycles. The predicted molar refractivity (Wildman–Crippen MR) is 81.6 cm³/mol. The second kappa shape index (κ2) is 4.73. The molecule has 0 atom stereocenters. The van der Waals surface area contributed by atoms with Gasteiger partial charge in [-0.1, -0.05) is 0 Å². The van der Waals surface area contributed by atoms with Crippen LogP contribution >= 0.6 is 0 Å². The third-order valence-corrected chi connectivity index (χ3v) is 4.66. The maximum Gasteiger partial charge on any atom is 0.266 e. The lowest BCUT2D eigenvalue weighted by Crippen LogP contribution is -2.29. The van der Waals surface area contributed by atoms with Gasteiger partial charge in [0.25, 0.3) is 11.8 Å². The highest BCUT2D eigenvalue weighted by atomic mass is 32.2. The Kier molecular flexibility index (Phi) is 2.87. The molecule has 2 amide bonds. The van der Waals surface area contributed by atoms with E-state index in [4.69, 9.17) is 0 Å². The summed E-state index contributed by atoms with van der Waals surface area (Å²) in [5.74, 6) is -1.05. The number of imidazole rings is 1. The summed E-state index contributed by atoms with van der Waals surface area (Å²) in [7, 11) is -4.59. The van der Waals surface area contributed by atoms with Gasteiger partial charge in [0, 0.05) is 0 Å². The van der Waals surface area contributed by atoms with E-state index in [1.165, 1.54) is 24.5 Å². The van der Waals surface area contributed by atoms with Crippen molar-refractivity contribution in [3.05, 3.63) is 53.9 Å². The third-order valence-electron chi connectivity index (χ3n) is 3.81. The monoisotopic (exact) mass is 342 g/mol. The topological polar surface area (TPSA) is 123 Å². The first kappa shape index (κ1) is 14.5. The Morgan fingerprint density at radius 2 is 1.62 bits per heavy atom. The summed E-state index contributed by atoms with van der Waals surface area (Å²) in [6, 6.07) is 7.69. The first-order chi connectivity index (χ1) is 11.4. The van der Waals surface area contributed by atoms with Crippen LogP contribution in [0.3, 0.4) is 0 Å². The molecule has 8 nitrogen and oxygen atoms in total. The molecule has 9 heteroatoms. The number of aromatic nitrogens is 2. The summed E-state index contributed by atoms with van der Waals surface area (Å²) in [5, 5.41) is 0. The molecule has 24 heavy (non-hydrogen) atoms. The van der Waals surface area contributed by atoms with Gasteiger partial charge in [-0.3, -0.25) is 9.59 Å². The molecular weight excluding hydrogens is 334 g/mol. The number of hydrogen-bond acceptors (Lipinski definition) is 6. The average Bonchev–Trinajstić information content (AvgIpc) is 3.09. The minimum atomic E-state index is -4.59. The van der Waals surface area contributed by atoms with Gasteiger partial charge in [0.1, 0.15) is 10.1 Å². The number of nitrogens with one attached hydrogen (secondary N) is 1. The molecule has 1 aromatic heterocycles. The Labute approximate surface area is 135 Å². The van der Waals surface area contributed by atoms with Crippen LogP contribution in [-0.4, -0.2) is 34.8 Å². The molecule has 0 unspecified atom stereocenters. The van der Waals surface area contributed by atoms with Crippen LogP contribution in [0.25, 0.3) is 11.0 Å². The van der Waals surface area contributed by atoms with Crippen LogP contribution in [0.2, 0.25) is 0 Å². The second-order valence-corrected chi connectivity index (χ2v) is 6.59. The van der Waals surface area contributed by atoms with Crippen molar-refractivity contribution in [1.29, 1.82) is 0 Å². The quantitative estimate of drug-likeness (QED) is 0.552. The highest BCUT2D eigenvalue weighted by Gasteiger charge is 2.37. The van der Waals surface area contributed by atoms with Gasteiger partial charge in [0.2, 0.25) is 0 Å². The maximum atomic E-state index is 12.5. The van der Waals surface area contributed by atoms with Crippen molar-refractivity contribution in [2.45, 2.75) is 4.90 Å². The molecule has 4 rings (SSSR count). The van der Waals surface area contributed by atoms with Crippen molar-refractivity contribution in [2.75, 3.05) is 4.90 Å². The zero-order valence-electron chi connectivity index (χ0n) is 11.9. The van der Waals surface area contributed by atoms with E-state index in [1.54, 1.807) is 6.07 Å². The van der Waals surface area contributed by atoms with Crippen molar-refractivity contribution < 1.29 is 22.6 Å². The van der Waals surface area contributed by atoms with Crippen LogP contribution in [0.4, 0.5) is 5.69 Å². The molecule has 0 radical (unpaired) electrons. The number of hydrogen-bond donors (Lipinski definition) is 1. The summed E-state index contributed by atoms with van der Waals surface area (Å²) in [4.78, 5) is 32.5. The summed E-state index contributed by atoms with van der Waals surface area (Å²) >= 11 is 0. The number of rotatable bonds is 2. The van der Waals surface area contributed by atoms with E-state index >= 15 is 0 Å². The van der Waals surface area contributed by atoms with E-state index in [2.05, 4.69) is 9.97 Å². The number of carbonyl (C=O) groups is 2. The molecule has 2 heterocycles. The van der Waals surface area contributed by atoms with Gasteiger partial charge in [-0.15, -0.1) is 0 Å². The van der Waals surface area contributed by atoms with Crippen molar-refractivity contribution in [3.8, 4) is 0 Å². The molecule has 0 saturated heterocycles. The van der Waals surface area contributed by atoms with Gasteiger partial charge in [-0.05, 0) is 36.4 Å². The fourth-order valence-corrected chi connectivity index (χ4v) is 3.13. The van der Waals surface area contributed by atoms with E-state index < -0.39 is 26.8 Å². The van der Waals surface area contributed by atoms with Crippen molar-refractivity contribution in [1.82, 2.24) is 9.97 Å².